The summed E-state index contributed by atoms with van der Waals surface area (Å²) in [5.74, 6) is -0.589. The number of carbonyl (C=O) groups excluding carboxylic acids is 1. The summed E-state index contributed by atoms with van der Waals surface area (Å²) in [6.07, 6.45) is 1.45. The Labute approximate surface area is 138 Å². The van der Waals surface area contributed by atoms with Gasteiger partial charge in [0.25, 0.3) is 0 Å². The van der Waals surface area contributed by atoms with Crippen LogP contribution in [-0.4, -0.2) is 22.1 Å². The summed E-state index contributed by atoms with van der Waals surface area (Å²) in [7, 11) is 0. The number of aryl methyl sites for hydroxylation is 2. The van der Waals surface area contributed by atoms with Crippen LogP contribution in [0.1, 0.15) is 17.7 Å². The molecule has 2 aromatic rings. The molecule has 0 N–H and O–H groups in total. The number of carbonyl (C=O) groups is 1. The van der Waals surface area contributed by atoms with Gasteiger partial charge in [-0.05, 0) is 31.4 Å². The predicted octanol–water partition coefficient (Wildman–Crippen LogP) is 2.24. The van der Waals surface area contributed by atoms with Gasteiger partial charge in [-0.2, -0.15) is 0 Å². The maximum atomic E-state index is 12.0. The molecule has 7 heteroatoms. The lowest BCUT2D eigenvalue weighted by Crippen LogP contribution is -2.28. The number of benzene rings is 1. The molecular formula is C17H18N2O5. The molecule has 1 heterocycles. The Morgan fingerprint density at radius 1 is 1.21 bits per heavy atom. The fourth-order valence-electron chi connectivity index (χ4n) is 2.28. The topological polar surface area (TPSA) is 91.4 Å². The standard InChI is InChI=1S/C17H18N2O5/c1-13-9-10-15(19(22)23)17(21)18(13)12-16(20)24-11-5-8-14-6-3-2-4-7-14/h2-4,6-7,9-10H,5,8,11-12H2,1H3. The average molecular weight is 330 g/mol. The molecule has 0 spiro atoms. The fourth-order valence-corrected chi connectivity index (χ4v) is 2.28. The summed E-state index contributed by atoms with van der Waals surface area (Å²) in [6, 6.07) is 12.4. The van der Waals surface area contributed by atoms with E-state index in [1.807, 2.05) is 30.3 Å². The molecule has 0 aliphatic heterocycles. The first-order valence-corrected chi connectivity index (χ1v) is 7.53. The number of esters is 1. The second-order valence-electron chi connectivity index (χ2n) is 5.32. The van der Waals surface area contributed by atoms with Crippen molar-refractivity contribution < 1.29 is 14.5 Å². The van der Waals surface area contributed by atoms with Crippen molar-refractivity contribution in [1.29, 1.82) is 0 Å². The molecule has 0 radical (unpaired) electrons. The number of hydrogen-bond acceptors (Lipinski definition) is 5. The van der Waals surface area contributed by atoms with Gasteiger partial charge in [-0.3, -0.25) is 24.3 Å². The van der Waals surface area contributed by atoms with Crippen molar-refractivity contribution in [3.63, 3.8) is 0 Å². The Hall–Kier alpha value is -2.96. The molecule has 0 amide bonds. The van der Waals surface area contributed by atoms with Crippen molar-refractivity contribution in [2.75, 3.05) is 6.61 Å². The van der Waals surface area contributed by atoms with E-state index in [2.05, 4.69) is 0 Å². The van der Waals surface area contributed by atoms with Crippen LogP contribution >= 0.6 is 0 Å². The van der Waals surface area contributed by atoms with E-state index in [0.29, 0.717) is 12.1 Å². The average Bonchev–Trinajstić information content (AvgIpc) is 2.56. The molecule has 126 valence electrons. The third kappa shape index (κ3) is 4.52. The molecule has 0 fully saturated rings. The first kappa shape index (κ1) is 17.4. The number of nitro groups is 1. The number of rotatable bonds is 7. The minimum absolute atomic E-state index is 0.233. The van der Waals surface area contributed by atoms with Crippen molar-refractivity contribution in [3.05, 3.63) is 74.2 Å². The van der Waals surface area contributed by atoms with Crippen molar-refractivity contribution in [2.24, 2.45) is 0 Å². The Kier molecular flexibility index (Phi) is 5.83. The minimum Gasteiger partial charge on any atom is -0.464 e. The lowest BCUT2D eigenvalue weighted by Gasteiger charge is -2.09. The SMILES string of the molecule is Cc1ccc([N+](=O)[O-])c(=O)n1CC(=O)OCCCc1ccccc1. The van der Waals surface area contributed by atoms with Crippen molar-refractivity contribution in [3.8, 4) is 0 Å². The summed E-state index contributed by atoms with van der Waals surface area (Å²) in [5, 5.41) is 10.8. The zero-order valence-electron chi connectivity index (χ0n) is 13.3. The van der Waals surface area contributed by atoms with Gasteiger partial charge in [0.15, 0.2) is 0 Å². The number of nitrogens with zero attached hydrogens (tertiary/aromatic N) is 2. The lowest BCUT2D eigenvalue weighted by atomic mass is 10.1. The highest BCUT2D eigenvalue weighted by molar-refractivity contribution is 5.69. The Morgan fingerprint density at radius 3 is 2.58 bits per heavy atom. The third-order valence-electron chi connectivity index (χ3n) is 3.57. The summed E-state index contributed by atoms with van der Waals surface area (Å²) in [5.41, 5.74) is 0.254. The highest BCUT2D eigenvalue weighted by Crippen LogP contribution is 2.06. The molecule has 0 unspecified atom stereocenters. The molecule has 2 rings (SSSR count). The number of ether oxygens (including phenoxy) is 1. The van der Waals surface area contributed by atoms with E-state index in [4.69, 9.17) is 4.74 Å². The molecular weight excluding hydrogens is 312 g/mol. The molecule has 0 aliphatic rings. The van der Waals surface area contributed by atoms with Crippen LogP contribution in [0.2, 0.25) is 0 Å². The third-order valence-corrected chi connectivity index (χ3v) is 3.57. The largest absolute Gasteiger partial charge is 0.464 e. The van der Waals surface area contributed by atoms with Gasteiger partial charge in [-0.25, -0.2) is 0 Å². The predicted molar refractivity (Wildman–Crippen MR) is 87.8 cm³/mol. The van der Waals surface area contributed by atoms with Gasteiger partial charge in [0, 0.05) is 11.8 Å². The van der Waals surface area contributed by atoms with Crippen LogP contribution < -0.4 is 5.56 Å². The maximum absolute atomic E-state index is 12.0. The van der Waals surface area contributed by atoms with Crippen molar-refractivity contribution in [2.45, 2.75) is 26.3 Å². The zero-order valence-corrected chi connectivity index (χ0v) is 13.3. The summed E-state index contributed by atoms with van der Waals surface area (Å²) in [4.78, 5) is 33.9. The van der Waals surface area contributed by atoms with Crippen LogP contribution in [0.4, 0.5) is 5.69 Å². The number of hydrogen-bond donors (Lipinski definition) is 0. The lowest BCUT2D eigenvalue weighted by molar-refractivity contribution is -0.386. The van der Waals surface area contributed by atoms with Gasteiger partial charge < -0.3 is 4.74 Å². The summed E-state index contributed by atoms with van der Waals surface area (Å²) < 4.78 is 6.16. The van der Waals surface area contributed by atoms with Crippen molar-refractivity contribution >= 4 is 11.7 Å². The van der Waals surface area contributed by atoms with Crippen LogP contribution in [0.25, 0.3) is 0 Å². The number of pyridine rings is 1. The summed E-state index contributed by atoms with van der Waals surface area (Å²) in [6.45, 7) is 1.50. The smallest absolute Gasteiger partial charge is 0.334 e. The Morgan fingerprint density at radius 2 is 1.92 bits per heavy atom. The number of aromatic nitrogens is 1. The van der Waals surface area contributed by atoms with Gasteiger partial charge >= 0.3 is 17.2 Å². The van der Waals surface area contributed by atoms with Crippen molar-refractivity contribution in [1.82, 2.24) is 4.57 Å². The van der Waals surface area contributed by atoms with Crippen LogP contribution in [0, 0.1) is 17.0 Å². The van der Waals surface area contributed by atoms with Gasteiger partial charge in [0.2, 0.25) is 0 Å². The molecule has 7 nitrogen and oxygen atoms in total. The minimum atomic E-state index is -0.804. The first-order chi connectivity index (χ1) is 11.5. The molecule has 24 heavy (non-hydrogen) atoms. The van der Waals surface area contributed by atoms with Crippen LogP contribution in [0.3, 0.4) is 0 Å². The van der Waals surface area contributed by atoms with Gasteiger partial charge in [0.1, 0.15) is 6.54 Å². The molecule has 1 aromatic heterocycles. The molecule has 0 atom stereocenters. The molecule has 0 aliphatic carbocycles. The van der Waals surface area contributed by atoms with E-state index >= 15 is 0 Å². The van der Waals surface area contributed by atoms with E-state index < -0.39 is 22.1 Å². The van der Waals surface area contributed by atoms with Crippen LogP contribution in [0.5, 0.6) is 0 Å². The second kappa shape index (κ2) is 8.05. The Balaban J connectivity index is 1.90. The van der Waals surface area contributed by atoms with Crippen LogP contribution in [-0.2, 0) is 22.5 Å². The molecule has 0 saturated heterocycles. The maximum Gasteiger partial charge on any atom is 0.334 e. The molecule has 1 aromatic carbocycles. The van der Waals surface area contributed by atoms with Gasteiger partial charge in [0.05, 0.1) is 11.5 Å². The Bertz CT molecular complexity index is 783. The van der Waals surface area contributed by atoms with E-state index in [1.54, 1.807) is 6.92 Å². The van der Waals surface area contributed by atoms with E-state index in [9.17, 15) is 19.7 Å². The highest BCUT2D eigenvalue weighted by Gasteiger charge is 2.17. The van der Waals surface area contributed by atoms with E-state index in [1.165, 1.54) is 6.07 Å². The first-order valence-electron chi connectivity index (χ1n) is 7.53. The normalized spacial score (nSPS) is 10.4. The summed E-state index contributed by atoms with van der Waals surface area (Å²) >= 11 is 0. The van der Waals surface area contributed by atoms with E-state index in [-0.39, 0.29) is 13.2 Å². The molecule has 0 saturated carbocycles. The van der Waals surface area contributed by atoms with E-state index in [0.717, 1.165) is 22.6 Å². The fraction of sp³-hybridized carbons (Fsp3) is 0.294. The van der Waals surface area contributed by atoms with Gasteiger partial charge in [-0.1, -0.05) is 30.3 Å². The quantitative estimate of drug-likeness (QED) is 0.336. The highest BCUT2D eigenvalue weighted by atomic mass is 16.6. The second-order valence-corrected chi connectivity index (χ2v) is 5.32. The van der Waals surface area contributed by atoms with Crippen LogP contribution in [0.15, 0.2) is 47.3 Å². The van der Waals surface area contributed by atoms with Gasteiger partial charge in [-0.15, -0.1) is 0 Å². The zero-order chi connectivity index (χ0) is 17.5. The monoisotopic (exact) mass is 330 g/mol. The molecule has 0 bridgehead atoms.